The van der Waals surface area contributed by atoms with Crippen molar-refractivity contribution in [1.82, 2.24) is 5.16 Å². The van der Waals surface area contributed by atoms with Gasteiger partial charge in [-0.2, -0.15) is 0 Å². The smallest absolute Gasteiger partial charge is 0.263 e. The number of anilines is 1. The molecule has 20 heavy (non-hydrogen) atoms. The van der Waals surface area contributed by atoms with E-state index in [0.717, 1.165) is 0 Å². The van der Waals surface area contributed by atoms with Gasteiger partial charge in [-0.15, -0.1) is 0 Å². The second-order valence-electron chi connectivity index (χ2n) is 3.91. The van der Waals surface area contributed by atoms with Crippen LogP contribution >= 0.6 is 0 Å². The van der Waals surface area contributed by atoms with E-state index >= 15 is 0 Å². The van der Waals surface area contributed by atoms with Gasteiger partial charge in [0.25, 0.3) is 10.0 Å². The van der Waals surface area contributed by atoms with E-state index in [2.05, 4.69) is 21.7 Å². The minimum Gasteiger partial charge on any atom is -0.384 e. The third-order valence-electron chi connectivity index (χ3n) is 2.34. The van der Waals surface area contributed by atoms with Crippen molar-refractivity contribution in [1.29, 1.82) is 0 Å². The summed E-state index contributed by atoms with van der Waals surface area (Å²) < 4.78 is 31.2. The van der Waals surface area contributed by atoms with E-state index in [1.54, 1.807) is 19.1 Å². The van der Waals surface area contributed by atoms with Crippen LogP contribution in [-0.2, 0) is 10.0 Å². The van der Waals surface area contributed by atoms with E-state index in [-0.39, 0.29) is 17.3 Å². The highest BCUT2D eigenvalue weighted by atomic mass is 32.2. The Kier molecular flexibility index (Phi) is 4.08. The molecule has 0 atom stereocenters. The largest absolute Gasteiger partial charge is 0.384 e. The first-order valence-electron chi connectivity index (χ1n) is 5.67. The summed E-state index contributed by atoms with van der Waals surface area (Å²) in [6, 6.07) is 7.46. The molecule has 2 aromatic rings. The summed E-state index contributed by atoms with van der Waals surface area (Å²) in [4.78, 5) is 0.0905. The van der Waals surface area contributed by atoms with Crippen LogP contribution in [0.4, 0.5) is 5.82 Å². The van der Waals surface area contributed by atoms with Gasteiger partial charge in [-0.25, -0.2) is 8.42 Å². The number of nitrogens with zero attached hydrogens (tertiary/aromatic N) is 1. The van der Waals surface area contributed by atoms with Gasteiger partial charge in [-0.3, -0.25) is 4.72 Å². The van der Waals surface area contributed by atoms with Crippen LogP contribution in [0.15, 0.2) is 39.8 Å². The summed E-state index contributed by atoms with van der Waals surface area (Å²) >= 11 is 0. The standard InChI is InChI=1S/C13H12N2O4S/c1-10-9-13(14-19-10)15-20(17,18)12-6-4-11(5-7-12)3-2-8-16/h4-7,9,16H,8H2,1H3,(H,14,15). The molecular formula is C13H12N2O4S. The van der Waals surface area contributed by atoms with Crippen LogP contribution in [0.25, 0.3) is 0 Å². The fourth-order valence-corrected chi connectivity index (χ4v) is 2.45. The minimum atomic E-state index is -3.71. The number of sulfonamides is 1. The molecule has 104 valence electrons. The average Bonchev–Trinajstić information content (AvgIpc) is 2.81. The normalized spacial score (nSPS) is 10.7. The Labute approximate surface area is 116 Å². The zero-order valence-corrected chi connectivity index (χ0v) is 11.4. The third-order valence-corrected chi connectivity index (χ3v) is 3.71. The SMILES string of the molecule is Cc1cc(NS(=O)(=O)c2ccc(C#CCO)cc2)no1. The first-order chi connectivity index (χ1) is 9.51. The third kappa shape index (κ3) is 3.38. The van der Waals surface area contributed by atoms with Crippen molar-refractivity contribution in [2.75, 3.05) is 11.3 Å². The number of aromatic nitrogens is 1. The Morgan fingerprint density at radius 1 is 1.35 bits per heavy atom. The van der Waals surface area contributed by atoms with E-state index in [0.29, 0.717) is 11.3 Å². The Balaban J connectivity index is 2.21. The van der Waals surface area contributed by atoms with Crippen LogP contribution in [0.2, 0.25) is 0 Å². The topological polar surface area (TPSA) is 92.4 Å². The average molecular weight is 292 g/mol. The van der Waals surface area contributed by atoms with E-state index < -0.39 is 10.0 Å². The molecule has 0 spiro atoms. The van der Waals surface area contributed by atoms with E-state index in [9.17, 15) is 8.42 Å². The summed E-state index contributed by atoms with van der Waals surface area (Å²) in [6.45, 7) is 1.42. The second kappa shape index (κ2) is 5.77. The zero-order valence-electron chi connectivity index (χ0n) is 10.6. The maximum absolute atomic E-state index is 12.1. The Hall–Kier alpha value is -2.30. The number of hydrogen-bond donors (Lipinski definition) is 2. The predicted octanol–water partition coefficient (Wildman–Crippen LogP) is 1.13. The summed E-state index contributed by atoms with van der Waals surface area (Å²) in [5.74, 6) is 5.81. The van der Waals surface area contributed by atoms with Gasteiger partial charge >= 0.3 is 0 Å². The molecule has 7 heteroatoms. The summed E-state index contributed by atoms with van der Waals surface area (Å²) in [6.07, 6.45) is 0. The number of aliphatic hydroxyl groups is 1. The van der Waals surface area contributed by atoms with Gasteiger partial charge in [0.05, 0.1) is 4.90 Å². The zero-order chi connectivity index (χ0) is 14.6. The highest BCUT2D eigenvalue weighted by molar-refractivity contribution is 7.92. The van der Waals surface area contributed by atoms with Crippen molar-refractivity contribution < 1.29 is 18.0 Å². The first-order valence-corrected chi connectivity index (χ1v) is 7.15. The van der Waals surface area contributed by atoms with Gasteiger partial charge in [-0.05, 0) is 31.2 Å². The van der Waals surface area contributed by atoms with Gasteiger partial charge in [-0.1, -0.05) is 17.0 Å². The van der Waals surface area contributed by atoms with Crippen LogP contribution in [0.1, 0.15) is 11.3 Å². The van der Waals surface area contributed by atoms with Gasteiger partial charge in [0, 0.05) is 11.6 Å². The number of rotatable bonds is 3. The monoisotopic (exact) mass is 292 g/mol. The Morgan fingerprint density at radius 2 is 2.05 bits per heavy atom. The highest BCUT2D eigenvalue weighted by Gasteiger charge is 2.15. The van der Waals surface area contributed by atoms with Gasteiger partial charge < -0.3 is 9.63 Å². The summed E-state index contributed by atoms with van der Waals surface area (Å²) in [7, 11) is -3.71. The molecule has 0 aliphatic heterocycles. The molecule has 0 amide bonds. The van der Waals surface area contributed by atoms with Gasteiger partial charge in [0.2, 0.25) is 0 Å². The quantitative estimate of drug-likeness (QED) is 0.827. The minimum absolute atomic E-state index is 0.0905. The van der Waals surface area contributed by atoms with Crippen LogP contribution in [-0.4, -0.2) is 25.3 Å². The maximum Gasteiger partial charge on any atom is 0.263 e. The van der Waals surface area contributed by atoms with Crippen molar-refractivity contribution in [2.45, 2.75) is 11.8 Å². The summed E-state index contributed by atoms with van der Waals surface area (Å²) in [5, 5.41) is 12.2. The Bertz CT molecular complexity index is 752. The fourth-order valence-electron chi connectivity index (χ4n) is 1.47. The maximum atomic E-state index is 12.1. The molecule has 2 rings (SSSR count). The molecule has 0 unspecified atom stereocenters. The van der Waals surface area contributed by atoms with Gasteiger partial charge in [0.15, 0.2) is 5.82 Å². The lowest BCUT2D eigenvalue weighted by molar-refractivity contribution is 0.350. The predicted molar refractivity (Wildman–Crippen MR) is 72.5 cm³/mol. The molecule has 1 aromatic heterocycles. The van der Waals surface area contributed by atoms with Crippen molar-refractivity contribution in [3.8, 4) is 11.8 Å². The van der Waals surface area contributed by atoms with E-state index in [1.165, 1.54) is 18.2 Å². The second-order valence-corrected chi connectivity index (χ2v) is 5.59. The number of nitrogens with one attached hydrogen (secondary N) is 1. The van der Waals surface area contributed by atoms with Crippen molar-refractivity contribution in [3.63, 3.8) is 0 Å². The lowest BCUT2D eigenvalue weighted by Gasteiger charge is -2.04. The molecule has 2 N–H and O–H groups in total. The highest BCUT2D eigenvalue weighted by Crippen LogP contribution is 2.16. The molecular weight excluding hydrogens is 280 g/mol. The van der Waals surface area contributed by atoms with Crippen LogP contribution in [0.5, 0.6) is 0 Å². The molecule has 0 fully saturated rings. The van der Waals surface area contributed by atoms with Crippen molar-refractivity contribution >= 4 is 15.8 Å². The van der Waals surface area contributed by atoms with Crippen molar-refractivity contribution in [2.24, 2.45) is 0 Å². The Morgan fingerprint density at radius 3 is 2.60 bits per heavy atom. The molecule has 6 nitrogen and oxygen atoms in total. The van der Waals surface area contributed by atoms with Crippen LogP contribution in [0.3, 0.4) is 0 Å². The van der Waals surface area contributed by atoms with E-state index in [1.807, 2.05) is 0 Å². The van der Waals surface area contributed by atoms with Gasteiger partial charge in [0.1, 0.15) is 12.4 Å². The molecule has 0 saturated heterocycles. The molecule has 1 aromatic carbocycles. The molecule has 0 radical (unpaired) electrons. The number of benzene rings is 1. The number of hydrogen-bond acceptors (Lipinski definition) is 5. The number of aryl methyl sites for hydroxylation is 1. The lowest BCUT2D eigenvalue weighted by Crippen LogP contribution is -2.13. The number of aliphatic hydroxyl groups excluding tert-OH is 1. The van der Waals surface area contributed by atoms with E-state index in [4.69, 9.17) is 9.63 Å². The van der Waals surface area contributed by atoms with Crippen LogP contribution in [0, 0.1) is 18.8 Å². The summed E-state index contributed by atoms with van der Waals surface area (Å²) in [5.41, 5.74) is 0.621. The molecule has 0 bridgehead atoms. The molecule has 0 saturated carbocycles. The molecule has 0 aliphatic carbocycles. The molecule has 1 heterocycles. The lowest BCUT2D eigenvalue weighted by atomic mass is 10.2. The first kappa shape index (κ1) is 14.1. The molecule has 0 aliphatic rings. The fraction of sp³-hybridized carbons (Fsp3) is 0.154. The van der Waals surface area contributed by atoms with Crippen LogP contribution < -0.4 is 4.72 Å². The van der Waals surface area contributed by atoms with Crippen molar-refractivity contribution in [3.05, 3.63) is 41.7 Å².